The van der Waals surface area contributed by atoms with Crippen LogP contribution in [0.3, 0.4) is 0 Å². The minimum Gasteiger partial charge on any atom is -0.317 e. The molecule has 0 bridgehead atoms. The summed E-state index contributed by atoms with van der Waals surface area (Å²) in [5.41, 5.74) is 5.76. The van der Waals surface area contributed by atoms with Crippen molar-refractivity contribution < 1.29 is 0 Å². The highest BCUT2D eigenvalue weighted by Crippen LogP contribution is 2.43. The average molecular weight is 752 g/mol. The van der Waals surface area contributed by atoms with Gasteiger partial charge in [-0.15, -0.1) is 12.4 Å². The Morgan fingerprint density at radius 2 is 0.857 bits per heavy atom. The number of hydrogen-bond donors (Lipinski definition) is 1. The summed E-state index contributed by atoms with van der Waals surface area (Å²) in [4.78, 5) is 2.41. The van der Waals surface area contributed by atoms with Crippen molar-refractivity contribution in [3.63, 3.8) is 0 Å². The molecule has 0 spiro atoms. The van der Waals surface area contributed by atoms with Gasteiger partial charge in [0.25, 0.3) is 0 Å². The molecule has 7 heteroatoms. The molecule has 0 amide bonds. The van der Waals surface area contributed by atoms with E-state index in [1.54, 1.807) is 0 Å². The van der Waals surface area contributed by atoms with Gasteiger partial charge in [-0.3, -0.25) is 0 Å². The van der Waals surface area contributed by atoms with Crippen molar-refractivity contribution >= 4 is 67.5 Å². The van der Waals surface area contributed by atoms with Gasteiger partial charge in [-0.2, -0.15) is 0 Å². The van der Waals surface area contributed by atoms with Crippen molar-refractivity contribution in [1.29, 1.82) is 0 Å². The highest BCUT2D eigenvalue weighted by Gasteiger charge is 2.37. The van der Waals surface area contributed by atoms with Crippen molar-refractivity contribution in [2.75, 3.05) is 33.2 Å². The first-order valence-electron chi connectivity index (χ1n) is 14.2. The highest BCUT2D eigenvalue weighted by atomic mass is 79.9. The molecular weight excluding hydrogens is 715 g/mol. The van der Waals surface area contributed by atoms with E-state index >= 15 is 0 Å². The third-order valence-electron chi connectivity index (χ3n) is 8.88. The van der Waals surface area contributed by atoms with Crippen LogP contribution >= 0.6 is 67.5 Å². The van der Waals surface area contributed by atoms with E-state index in [1.807, 2.05) is 24.3 Å². The zero-order valence-electron chi connectivity index (χ0n) is 23.8. The molecule has 0 saturated carbocycles. The summed E-state index contributed by atoms with van der Waals surface area (Å²) in [5, 5.41) is 5.07. The molecule has 4 aromatic rings. The van der Waals surface area contributed by atoms with E-state index in [9.17, 15) is 0 Å². The summed E-state index contributed by atoms with van der Waals surface area (Å²) in [7, 11) is 2.20. The van der Waals surface area contributed by atoms with Crippen LogP contribution in [0.15, 0.2) is 106 Å². The van der Waals surface area contributed by atoms with E-state index in [-0.39, 0.29) is 23.2 Å². The molecule has 222 valence electrons. The predicted octanol–water partition coefficient (Wildman–Crippen LogP) is 10.3. The van der Waals surface area contributed by atoms with Crippen LogP contribution in [0.25, 0.3) is 0 Å². The number of nitrogens with one attached hydrogen (secondary N) is 1. The van der Waals surface area contributed by atoms with Crippen LogP contribution in [0, 0.1) is 0 Å². The molecular formula is C35H37Br2Cl3N2. The number of hydrogen-bond acceptors (Lipinski definition) is 2. The molecule has 2 aliphatic rings. The van der Waals surface area contributed by atoms with Crippen LogP contribution in [-0.2, 0) is 10.8 Å². The summed E-state index contributed by atoms with van der Waals surface area (Å²) in [6, 6.07) is 34.3. The zero-order valence-corrected chi connectivity index (χ0v) is 29.3. The fourth-order valence-electron chi connectivity index (χ4n) is 6.42. The molecule has 0 aliphatic carbocycles. The second kappa shape index (κ2) is 15.1. The van der Waals surface area contributed by atoms with Crippen molar-refractivity contribution in [2.45, 2.75) is 36.5 Å². The topological polar surface area (TPSA) is 15.3 Å². The maximum absolute atomic E-state index is 6.07. The lowest BCUT2D eigenvalue weighted by molar-refractivity contribution is 0.213. The van der Waals surface area contributed by atoms with Gasteiger partial charge >= 0.3 is 0 Å². The lowest BCUT2D eigenvalue weighted by atomic mass is 9.68. The standard InChI is InChI=1S/C18H19BrClN.C17H17BrClN.ClH/c1-21-12-10-18(11-13-21,14-2-6-16(19)7-3-14)15-4-8-17(20)9-5-15;18-15-5-1-13(2-6-15)17(9-11-20-12-10-17)14-3-7-16(19)8-4-14;/h2-9H,10-13H2,1H3;1-8,20H,9-12H2;1H. The van der Waals surface area contributed by atoms with Crippen LogP contribution in [0.4, 0.5) is 0 Å². The Hall–Kier alpha value is -1.37. The number of benzene rings is 4. The Balaban J connectivity index is 0.000000189. The molecule has 2 fully saturated rings. The first-order valence-corrected chi connectivity index (χ1v) is 16.6. The number of piperidine rings is 2. The Kier molecular flexibility index (Phi) is 12.0. The van der Waals surface area contributed by atoms with Crippen molar-refractivity contribution in [3.8, 4) is 0 Å². The van der Waals surface area contributed by atoms with Crippen LogP contribution < -0.4 is 5.32 Å². The van der Waals surface area contributed by atoms with E-state index in [4.69, 9.17) is 23.2 Å². The minimum absolute atomic E-state index is 0. The lowest BCUT2D eigenvalue weighted by Gasteiger charge is -2.42. The third-order valence-corrected chi connectivity index (χ3v) is 10.4. The summed E-state index contributed by atoms with van der Waals surface area (Å²) >= 11 is 19.2. The monoisotopic (exact) mass is 748 g/mol. The molecule has 0 atom stereocenters. The molecule has 6 rings (SSSR count). The van der Waals surface area contributed by atoms with Crippen LogP contribution in [-0.4, -0.2) is 38.1 Å². The Bertz CT molecular complexity index is 1300. The van der Waals surface area contributed by atoms with Gasteiger partial charge in [-0.1, -0.05) is 104 Å². The first-order chi connectivity index (χ1) is 19.8. The molecule has 2 aliphatic heterocycles. The van der Waals surface area contributed by atoms with Gasteiger partial charge < -0.3 is 10.2 Å². The molecule has 2 saturated heterocycles. The van der Waals surface area contributed by atoms with Crippen LogP contribution in [0.5, 0.6) is 0 Å². The molecule has 0 aromatic heterocycles. The van der Waals surface area contributed by atoms with Gasteiger partial charge in [0.2, 0.25) is 0 Å². The van der Waals surface area contributed by atoms with Gasteiger partial charge in [0.05, 0.1) is 0 Å². The molecule has 2 nitrogen and oxygen atoms in total. The van der Waals surface area contributed by atoms with Gasteiger partial charge in [0, 0.05) is 29.8 Å². The molecule has 42 heavy (non-hydrogen) atoms. The fourth-order valence-corrected chi connectivity index (χ4v) is 7.20. The third kappa shape index (κ3) is 7.64. The second-order valence-electron chi connectivity index (χ2n) is 11.2. The van der Waals surface area contributed by atoms with Gasteiger partial charge in [0.15, 0.2) is 0 Å². The largest absolute Gasteiger partial charge is 0.317 e. The molecule has 1 N–H and O–H groups in total. The Morgan fingerprint density at radius 1 is 0.548 bits per heavy atom. The average Bonchev–Trinajstić information content (AvgIpc) is 3.00. The zero-order chi connectivity index (χ0) is 28.9. The van der Waals surface area contributed by atoms with Crippen molar-refractivity contribution in [3.05, 3.63) is 138 Å². The molecule has 2 heterocycles. The van der Waals surface area contributed by atoms with Crippen LogP contribution in [0.1, 0.15) is 47.9 Å². The van der Waals surface area contributed by atoms with Crippen molar-refractivity contribution in [2.24, 2.45) is 0 Å². The van der Waals surface area contributed by atoms with Gasteiger partial charge in [0.1, 0.15) is 0 Å². The Morgan fingerprint density at radius 3 is 1.21 bits per heavy atom. The molecule has 0 unspecified atom stereocenters. The maximum atomic E-state index is 6.07. The summed E-state index contributed by atoms with van der Waals surface area (Å²) < 4.78 is 2.26. The predicted molar refractivity (Wildman–Crippen MR) is 189 cm³/mol. The highest BCUT2D eigenvalue weighted by molar-refractivity contribution is 9.10. The van der Waals surface area contributed by atoms with Gasteiger partial charge in [-0.25, -0.2) is 0 Å². The fraction of sp³-hybridized carbons (Fsp3) is 0.314. The second-order valence-corrected chi connectivity index (χ2v) is 13.9. The molecule has 0 radical (unpaired) electrons. The number of likely N-dealkylation sites (tertiary alicyclic amines) is 1. The van der Waals surface area contributed by atoms with Crippen molar-refractivity contribution in [1.82, 2.24) is 10.2 Å². The minimum atomic E-state index is 0. The van der Waals surface area contributed by atoms with E-state index in [0.717, 1.165) is 70.9 Å². The van der Waals surface area contributed by atoms with Crippen LogP contribution in [0.2, 0.25) is 10.0 Å². The normalized spacial score (nSPS) is 17.8. The Labute approximate surface area is 283 Å². The van der Waals surface area contributed by atoms with E-state index in [1.165, 1.54) is 22.3 Å². The maximum Gasteiger partial charge on any atom is 0.0406 e. The number of halogens is 5. The quantitative estimate of drug-likeness (QED) is 0.223. The number of rotatable bonds is 4. The summed E-state index contributed by atoms with van der Waals surface area (Å²) in [6.45, 7) is 4.36. The van der Waals surface area contributed by atoms with Gasteiger partial charge in [-0.05, 0) is 130 Å². The first kappa shape index (κ1) is 33.5. The smallest absolute Gasteiger partial charge is 0.0406 e. The SMILES string of the molecule is CN1CCC(c2ccc(Cl)cc2)(c2ccc(Br)cc2)CC1.Cl.Clc1ccc(C2(c3ccc(Br)cc3)CCNCC2)cc1. The van der Waals surface area contributed by atoms with E-state index < -0.39 is 0 Å². The summed E-state index contributed by atoms with van der Waals surface area (Å²) in [5.74, 6) is 0. The van der Waals surface area contributed by atoms with E-state index in [0.29, 0.717) is 0 Å². The number of nitrogens with zero attached hydrogens (tertiary/aromatic N) is 1. The lowest BCUT2D eigenvalue weighted by Crippen LogP contribution is -2.41. The summed E-state index contributed by atoms with van der Waals surface area (Å²) in [6.07, 6.45) is 4.53. The molecule has 4 aromatic carbocycles. The van der Waals surface area contributed by atoms with E-state index in [2.05, 4.69) is 122 Å².